The van der Waals surface area contributed by atoms with E-state index in [9.17, 15) is 9.59 Å². The number of hydrogen-bond acceptors (Lipinski definition) is 4. The number of hydrogen-bond donors (Lipinski definition) is 2. The minimum Gasteiger partial charge on any atom is -0.466 e. The van der Waals surface area contributed by atoms with E-state index in [4.69, 9.17) is 4.74 Å². The molecule has 0 bridgehead atoms. The normalized spacial score (nSPS) is 9.84. The van der Waals surface area contributed by atoms with Crippen LogP contribution in [0.1, 0.15) is 23.7 Å². The third-order valence-corrected chi connectivity index (χ3v) is 3.09. The van der Waals surface area contributed by atoms with E-state index < -0.39 is 0 Å². The summed E-state index contributed by atoms with van der Waals surface area (Å²) >= 11 is 2.15. The number of rotatable bonds is 6. The van der Waals surface area contributed by atoms with Crippen LogP contribution in [0, 0.1) is 3.57 Å². The predicted molar refractivity (Wildman–Crippen MR) is 82.3 cm³/mol. The fourth-order valence-electron chi connectivity index (χ4n) is 1.53. The van der Waals surface area contributed by atoms with Crippen LogP contribution in [0.3, 0.4) is 0 Å². The third kappa shape index (κ3) is 5.06. The van der Waals surface area contributed by atoms with Crippen LogP contribution < -0.4 is 10.6 Å². The SMILES string of the molecule is CCOC(=O)CCNC(=O)c1cc(I)ccc1NC. The lowest BCUT2D eigenvalue weighted by atomic mass is 10.1. The molecule has 1 aromatic carbocycles. The molecule has 0 aromatic heterocycles. The van der Waals surface area contributed by atoms with Crippen molar-refractivity contribution in [2.45, 2.75) is 13.3 Å². The van der Waals surface area contributed by atoms with Gasteiger partial charge in [-0.1, -0.05) is 0 Å². The van der Waals surface area contributed by atoms with Crippen molar-refractivity contribution >= 4 is 40.2 Å². The number of nitrogens with one attached hydrogen (secondary N) is 2. The summed E-state index contributed by atoms with van der Waals surface area (Å²) in [5, 5.41) is 5.67. The fourth-order valence-corrected chi connectivity index (χ4v) is 2.02. The van der Waals surface area contributed by atoms with Crippen molar-refractivity contribution in [3.63, 3.8) is 0 Å². The standard InChI is InChI=1S/C13H17IN2O3/c1-3-19-12(17)6-7-16-13(18)10-8-9(14)4-5-11(10)15-2/h4-5,8,15H,3,6-7H2,1-2H3,(H,16,18). The molecule has 0 atom stereocenters. The first kappa shape index (κ1) is 15.7. The zero-order valence-electron chi connectivity index (χ0n) is 11.0. The van der Waals surface area contributed by atoms with E-state index in [1.807, 2.05) is 12.1 Å². The lowest BCUT2D eigenvalue weighted by Crippen LogP contribution is -2.27. The van der Waals surface area contributed by atoms with Crippen LogP contribution >= 0.6 is 22.6 Å². The maximum Gasteiger partial charge on any atom is 0.307 e. The van der Waals surface area contributed by atoms with Crippen molar-refractivity contribution in [2.24, 2.45) is 0 Å². The smallest absolute Gasteiger partial charge is 0.307 e. The molecule has 1 aromatic rings. The summed E-state index contributed by atoms with van der Waals surface area (Å²) in [6.07, 6.45) is 0.179. The largest absolute Gasteiger partial charge is 0.466 e. The Morgan fingerprint density at radius 2 is 2.11 bits per heavy atom. The minimum absolute atomic E-state index is 0.179. The van der Waals surface area contributed by atoms with Crippen LogP contribution in [0.25, 0.3) is 0 Å². The van der Waals surface area contributed by atoms with Gasteiger partial charge in [0.25, 0.3) is 5.91 Å². The number of ether oxygens (including phenoxy) is 1. The first-order valence-electron chi connectivity index (χ1n) is 5.99. The predicted octanol–water partition coefficient (Wildman–Crippen LogP) is 2.02. The van der Waals surface area contributed by atoms with Crippen LogP contribution in [-0.2, 0) is 9.53 Å². The molecule has 0 saturated heterocycles. The van der Waals surface area contributed by atoms with Gasteiger partial charge in [0, 0.05) is 22.8 Å². The highest BCUT2D eigenvalue weighted by Crippen LogP contribution is 2.18. The van der Waals surface area contributed by atoms with Crippen molar-refractivity contribution in [1.29, 1.82) is 0 Å². The van der Waals surface area contributed by atoms with Crippen LogP contribution in [0.4, 0.5) is 5.69 Å². The van der Waals surface area contributed by atoms with Crippen molar-refractivity contribution < 1.29 is 14.3 Å². The lowest BCUT2D eigenvalue weighted by Gasteiger charge is -2.10. The molecule has 5 nitrogen and oxygen atoms in total. The molecule has 0 saturated carbocycles. The molecule has 0 radical (unpaired) electrons. The van der Waals surface area contributed by atoms with Crippen molar-refractivity contribution in [2.75, 3.05) is 25.5 Å². The van der Waals surface area contributed by atoms with Gasteiger partial charge in [0.15, 0.2) is 0 Å². The van der Waals surface area contributed by atoms with Gasteiger partial charge in [-0.05, 0) is 47.7 Å². The van der Waals surface area contributed by atoms with E-state index in [-0.39, 0.29) is 24.8 Å². The minimum atomic E-state index is -0.306. The quantitative estimate of drug-likeness (QED) is 0.589. The number of benzene rings is 1. The summed E-state index contributed by atoms with van der Waals surface area (Å²) in [5.74, 6) is -0.508. The van der Waals surface area contributed by atoms with Crippen molar-refractivity contribution in [3.05, 3.63) is 27.3 Å². The molecule has 6 heteroatoms. The topological polar surface area (TPSA) is 67.4 Å². The molecule has 0 fully saturated rings. The van der Waals surface area contributed by atoms with Crippen molar-refractivity contribution in [3.8, 4) is 0 Å². The van der Waals surface area contributed by atoms with E-state index in [0.717, 1.165) is 9.26 Å². The number of esters is 1. The van der Waals surface area contributed by atoms with E-state index in [1.54, 1.807) is 20.0 Å². The summed E-state index contributed by atoms with van der Waals surface area (Å²) in [5.41, 5.74) is 1.33. The molecule has 1 amide bonds. The Balaban J connectivity index is 2.58. The molecule has 2 N–H and O–H groups in total. The molecule has 0 heterocycles. The summed E-state index contributed by atoms with van der Waals surface area (Å²) < 4.78 is 5.77. The maximum atomic E-state index is 12.0. The fraction of sp³-hybridized carbons (Fsp3) is 0.385. The number of anilines is 1. The Labute approximate surface area is 126 Å². The summed E-state index contributed by atoms with van der Waals surface area (Å²) in [7, 11) is 1.76. The van der Waals surface area contributed by atoms with Gasteiger partial charge in [-0.25, -0.2) is 0 Å². The Hall–Kier alpha value is -1.31. The van der Waals surface area contributed by atoms with Gasteiger partial charge in [-0.3, -0.25) is 9.59 Å². The van der Waals surface area contributed by atoms with Crippen LogP contribution in [0.2, 0.25) is 0 Å². The van der Waals surface area contributed by atoms with Crippen LogP contribution in [0.5, 0.6) is 0 Å². The molecule has 0 aliphatic rings. The Kier molecular flexibility index (Phi) is 6.61. The monoisotopic (exact) mass is 376 g/mol. The second-order valence-corrected chi connectivity index (χ2v) is 5.00. The van der Waals surface area contributed by atoms with E-state index in [0.29, 0.717) is 12.2 Å². The highest BCUT2D eigenvalue weighted by molar-refractivity contribution is 14.1. The second-order valence-electron chi connectivity index (χ2n) is 3.75. The van der Waals surface area contributed by atoms with Gasteiger partial charge in [0.1, 0.15) is 0 Å². The Bertz CT molecular complexity index is 463. The number of carbonyl (C=O) groups is 2. The highest BCUT2D eigenvalue weighted by Gasteiger charge is 2.11. The van der Waals surface area contributed by atoms with Gasteiger partial charge in [-0.15, -0.1) is 0 Å². The first-order chi connectivity index (χ1) is 9.08. The zero-order chi connectivity index (χ0) is 14.3. The average molecular weight is 376 g/mol. The van der Waals surface area contributed by atoms with E-state index >= 15 is 0 Å². The molecular formula is C13H17IN2O3. The number of carbonyl (C=O) groups excluding carboxylic acids is 2. The van der Waals surface area contributed by atoms with Gasteiger partial charge in [0.2, 0.25) is 0 Å². The third-order valence-electron chi connectivity index (χ3n) is 2.42. The Morgan fingerprint density at radius 3 is 2.74 bits per heavy atom. The molecule has 0 unspecified atom stereocenters. The van der Waals surface area contributed by atoms with E-state index in [1.165, 1.54) is 0 Å². The average Bonchev–Trinajstić information content (AvgIpc) is 2.38. The summed E-state index contributed by atoms with van der Waals surface area (Å²) in [6.45, 7) is 2.38. The maximum absolute atomic E-state index is 12.0. The van der Waals surface area contributed by atoms with Gasteiger partial charge >= 0.3 is 5.97 Å². The van der Waals surface area contributed by atoms with E-state index in [2.05, 4.69) is 33.2 Å². The molecule has 0 spiro atoms. The molecule has 104 valence electrons. The van der Waals surface area contributed by atoms with Crippen molar-refractivity contribution in [1.82, 2.24) is 5.32 Å². The molecular weight excluding hydrogens is 359 g/mol. The highest BCUT2D eigenvalue weighted by atomic mass is 127. The molecule has 1 rings (SSSR count). The molecule has 0 aliphatic carbocycles. The van der Waals surface area contributed by atoms with Gasteiger partial charge in [-0.2, -0.15) is 0 Å². The molecule has 0 aliphatic heterocycles. The lowest BCUT2D eigenvalue weighted by molar-refractivity contribution is -0.142. The number of amides is 1. The second kappa shape index (κ2) is 7.98. The van der Waals surface area contributed by atoms with Gasteiger partial charge < -0.3 is 15.4 Å². The van der Waals surface area contributed by atoms with Gasteiger partial charge in [0.05, 0.1) is 18.6 Å². The summed E-state index contributed by atoms with van der Waals surface area (Å²) in [6, 6.07) is 5.57. The van der Waals surface area contributed by atoms with Crippen LogP contribution in [-0.4, -0.2) is 32.1 Å². The zero-order valence-corrected chi connectivity index (χ0v) is 13.1. The van der Waals surface area contributed by atoms with Crippen LogP contribution in [0.15, 0.2) is 18.2 Å². The number of halogens is 1. The Morgan fingerprint density at radius 1 is 1.37 bits per heavy atom. The first-order valence-corrected chi connectivity index (χ1v) is 7.07. The molecule has 19 heavy (non-hydrogen) atoms. The summed E-state index contributed by atoms with van der Waals surface area (Å²) in [4.78, 5) is 23.2.